The summed E-state index contributed by atoms with van der Waals surface area (Å²) in [6, 6.07) is 28.4. The van der Waals surface area contributed by atoms with E-state index in [1.807, 2.05) is 11.3 Å². The van der Waals surface area contributed by atoms with Gasteiger partial charge in [-0.25, -0.2) is 0 Å². The van der Waals surface area contributed by atoms with Crippen molar-refractivity contribution in [1.82, 2.24) is 0 Å². The van der Waals surface area contributed by atoms with Crippen LogP contribution in [0.15, 0.2) is 83.3 Å². The zero-order valence-corrected chi connectivity index (χ0v) is 15.2. The Morgan fingerprint density at radius 2 is 1.29 bits per heavy atom. The van der Waals surface area contributed by atoms with Crippen molar-refractivity contribution in [2.45, 2.75) is 0 Å². The van der Waals surface area contributed by atoms with Gasteiger partial charge in [-0.3, -0.25) is 0 Å². The van der Waals surface area contributed by atoms with Gasteiger partial charge in [0.1, 0.15) is 0 Å². The third-order valence-corrected chi connectivity index (χ3v) is 6.19. The van der Waals surface area contributed by atoms with Crippen LogP contribution in [0.2, 0.25) is 0 Å². The van der Waals surface area contributed by atoms with Crippen molar-refractivity contribution in [3.63, 3.8) is 0 Å². The summed E-state index contributed by atoms with van der Waals surface area (Å²) in [6.45, 7) is 0. The maximum atomic E-state index is 3.53. The Bertz CT molecular complexity index is 1200. The molecule has 0 aliphatic rings. The highest BCUT2D eigenvalue weighted by Gasteiger charge is 2.12. The second-order valence-corrected chi connectivity index (χ2v) is 7.95. The fourth-order valence-corrected chi connectivity index (χ4v) is 4.88. The van der Waals surface area contributed by atoms with Crippen molar-refractivity contribution in [3.05, 3.63) is 83.3 Å². The van der Waals surface area contributed by atoms with E-state index in [-0.39, 0.29) is 0 Å². The van der Waals surface area contributed by atoms with Gasteiger partial charge < -0.3 is 0 Å². The first-order chi connectivity index (χ1) is 11.8. The van der Waals surface area contributed by atoms with Gasteiger partial charge in [0.05, 0.1) is 0 Å². The summed E-state index contributed by atoms with van der Waals surface area (Å²) in [5, 5.41) is 5.39. The molecular weight excluding hydrogens is 376 g/mol. The maximum absolute atomic E-state index is 3.53. The maximum Gasteiger partial charge on any atom is 0.0368 e. The molecule has 0 nitrogen and oxygen atoms in total. The standard InChI is InChI=1S/C22H13BrS/c23-15-11-9-14(10-12-15)19-13-21-22(17-6-2-1-5-16(17)19)18-7-3-4-8-20(18)24-21/h1-13H. The summed E-state index contributed by atoms with van der Waals surface area (Å²) in [4.78, 5) is 0. The Morgan fingerprint density at radius 1 is 0.625 bits per heavy atom. The molecule has 0 saturated heterocycles. The Labute approximate surface area is 152 Å². The van der Waals surface area contributed by atoms with Crippen molar-refractivity contribution in [2.75, 3.05) is 0 Å². The number of benzene rings is 4. The summed E-state index contributed by atoms with van der Waals surface area (Å²) >= 11 is 5.41. The number of hydrogen-bond acceptors (Lipinski definition) is 1. The lowest BCUT2D eigenvalue weighted by molar-refractivity contribution is 1.63. The molecule has 0 atom stereocenters. The molecule has 0 fully saturated rings. The van der Waals surface area contributed by atoms with Crippen LogP contribution < -0.4 is 0 Å². The fourth-order valence-electron chi connectivity index (χ4n) is 3.46. The molecule has 0 aliphatic carbocycles. The van der Waals surface area contributed by atoms with Gasteiger partial charge in [0.2, 0.25) is 0 Å². The Morgan fingerprint density at radius 3 is 2.08 bits per heavy atom. The zero-order chi connectivity index (χ0) is 16.1. The summed E-state index contributed by atoms with van der Waals surface area (Å²) < 4.78 is 3.82. The number of halogens is 1. The smallest absolute Gasteiger partial charge is 0.0368 e. The van der Waals surface area contributed by atoms with Crippen LogP contribution in [0.25, 0.3) is 42.1 Å². The lowest BCUT2D eigenvalue weighted by Gasteiger charge is -2.09. The average Bonchev–Trinajstić information content (AvgIpc) is 3.00. The van der Waals surface area contributed by atoms with E-state index in [4.69, 9.17) is 0 Å². The Kier molecular flexibility index (Phi) is 3.22. The largest absolute Gasteiger partial charge is 0.135 e. The van der Waals surface area contributed by atoms with E-state index in [1.54, 1.807) is 0 Å². The first kappa shape index (κ1) is 14.2. The molecule has 1 heterocycles. The number of hydrogen-bond donors (Lipinski definition) is 0. The van der Waals surface area contributed by atoms with E-state index in [0.717, 1.165) is 4.47 Å². The van der Waals surface area contributed by atoms with Crippen LogP contribution >= 0.6 is 27.3 Å². The third-order valence-electron chi connectivity index (χ3n) is 4.54. The quantitative estimate of drug-likeness (QED) is 0.276. The van der Waals surface area contributed by atoms with Crippen molar-refractivity contribution >= 4 is 58.2 Å². The molecule has 0 aliphatic heterocycles. The van der Waals surface area contributed by atoms with Gasteiger partial charge in [-0.2, -0.15) is 0 Å². The van der Waals surface area contributed by atoms with Crippen molar-refractivity contribution in [1.29, 1.82) is 0 Å². The van der Waals surface area contributed by atoms with Crippen LogP contribution in [0.3, 0.4) is 0 Å². The molecule has 0 spiro atoms. The second-order valence-electron chi connectivity index (χ2n) is 5.95. The lowest BCUT2D eigenvalue weighted by atomic mass is 9.95. The van der Waals surface area contributed by atoms with E-state index in [0.29, 0.717) is 0 Å². The normalized spacial score (nSPS) is 11.5. The number of rotatable bonds is 1. The van der Waals surface area contributed by atoms with E-state index in [1.165, 1.54) is 42.1 Å². The van der Waals surface area contributed by atoms with E-state index >= 15 is 0 Å². The zero-order valence-electron chi connectivity index (χ0n) is 12.8. The van der Waals surface area contributed by atoms with Gasteiger partial charge in [-0.1, -0.05) is 70.5 Å². The minimum Gasteiger partial charge on any atom is -0.135 e. The molecule has 0 N–H and O–H groups in total. The highest BCUT2D eigenvalue weighted by molar-refractivity contribution is 9.10. The molecule has 4 aromatic carbocycles. The fraction of sp³-hybridized carbons (Fsp3) is 0. The third kappa shape index (κ3) is 2.10. The molecule has 1 aromatic heterocycles. The number of thiophene rings is 1. The van der Waals surface area contributed by atoms with Crippen molar-refractivity contribution < 1.29 is 0 Å². The van der Waals surface area contributed by atoms with Crippen LogP contribution in [-0.2, 0) is 0 Å². The highest BCUT2D eigenvalue weighted by Crippen LogP contribution is 2.42. The van der Waals surface area contributed by atoms with Gasteiger partial charge >= 0.3 is 0 Å². The molecule has 114 valence electrons. The molecule has 0 bridgehead atoms. The van der Waals surface area contributed by atoms with Crippen LogP contribution in [-0.4, -0.2) is 0 Å². The van der Waals surface area contributed by atoms with E-state index in [2.05, 4.69) is 94.8 Å². The topological polar surface area (TPSA) is 0 Å². The number of fused-ring (bicyclic) bond motifs is 5. The molecule has 24 heavy (non-hydrogen) atoms. The molecule has 0 unspecified atom stereocenters. The second kappa shape index (κ2) is 5.44. The summed E-state index contributed by atoms with van der Waals surface area (Å²) in [6.07, 6.45) is 0. The van der Waals surface area contributed by atoms with Crippen LogP contribution in [0.5, 0.6) is 0 Å². The molecule has 2 heteroatoms. The minimum atomic E-state index is 1.11. The molecular formula is C22H13BrS. The van der Waals surface area contributed by atoms with Crippen molar-refractivity contribution in [2.24, 2.45) is 0 Å². The van der Waals surface area contributed by atoms with Gasteiger partial charge in [0.25, 0.3) is 0 Å². The Hall–Kier alpha value is -2.16. The van der Waals surface area contributed by atoms with Crippen LogP contribution in [0.1, 0.15) is 0 Å². The van der Waals surface area contributed by atoms with E-state index < -0.39 is 0 Å². The van der Waals surface area contributed by atoms with Gasteiger partial charge in [-0.05, 0) is 46.2 Å². The molecule has 5 aromatic rings. The predicted octanol–water partition coefficient (Wildman–Crippen LogP) is 7.64. The molecule has 5 rings (SSSR count). The summed E-state index contributed by atoms with van der Waals surface area (Å²) in [5.74, 6) is 0. The average molecular weight is 389 g/mol. The monoisotopic (exact) mass is 388 g/mol. The highest BCUT2D eigenvalue weighted by atomic mass is 79.9. The molecule has 0 saturated carbocycles. The first-order valence-electron chi connectivity index (χ1n) is 7.90. The minimum absolute atomic E-state index is 1.11. The first-order valence-corrected chi connectivity index (χ1v) is 9.51. The lowest BCUT2D eigenvalue weighted by Crippen LogP contribution is -1.82. The van der Waals surface area contributed by atoms with Gasteiger partial charge in [0, 0.05) is 24.6 Å². The SMILES string of the molecule is Brc1ccc(-c2cc3sc4ccccc4c3c3ccccc23)cc1. The van der Waals surface area contributed by atoms with Crippen molar-refractivity contribution in [3.8, 4) is 11.1 Å². The summed E-state index contributed by atoms with van der Waals surface area (Å²) in [5.41, 5.74) is 2.56. The molecule has 0 radical (unpaired) electrons. The predicted molar refractivity (Wildman–Crippen MR) is 110 cm³/mol. The van der Waals surface area contributed by atoms with Crippen LogP contribution in [0, 0.1) is 0 Å². The Balaban J connectivity index is 1.97. The van der Waals surface area contributed by atoms with E-state index in [9.17, 15) is 0 Å². The van der Waals surface area contributed by atoms with Gasteiger partial charge in [-0.15, -0.1) is 11.3 Å². The summed E-state index contributed by atoms with van der Waals surface area (Å²) in [7, 11) is 0. The molecule has 0 amide bonds. The van der Waals surface area contributed by atoms with Crippen LogP contribution in [0.4, 0.5) is 0 Å². The van der Waals surface area contributed by atoms with Gasteiger partial charge in [0.15, 0.2) is 0 Å².